The predicted molar refractivity (Wildman–Crippen MR) is 86.1 cm³/mol. The molecule has 3 atom stereocenters. The number of hydrogen-bond donors (Lipinski definition) is 1. The quantitative estimate of drug-likeness (QED) is 0.856. The maximum absolute atomic E-state index is 12.6. The Morgan fingerprint density at radius 1 is 1.35 bits per heavy atom. The summed E-state index contributed by atoms with van der Waals surface area (Å²) < 4.78 is 0. The lowest BCUT2D eigenvalue weighted by molar-refractivity contribution is -0.148. The van der Waals surface area contributed by atoms with Crippen LogP contribution >= 0.6 is 23.5 Å². The van der Waals surface area contributed by atoms with Gasteiger partial charge in [0.2, 0.25) is 11.8 Å². The molecule has 2 rings (SSSR count). The molecule has 2 aliphatic heterocycles. The zero-order valence-electron chi connectivity index (χ0n) is 12.4. The van der Waals surface area contributed by atoms with E-state index in [1.54, 1.807) is 4.90 Å². The topological polar surface area (TPSA) is 49.4 Å². The first-order valence-corrected chi connectivity index (χ1v) is 9.49. The van der Waals surface area contributed by atoms with Gasteiger partial charge in [0.15, 0.2) is 0 Å². The molecule has 0 saturated carbocycles. The molecule has 0 aliphatic carbocycles. The van der Waals surface area contributed by atoms with Crippen LogP contribution in [-0.4, -0.2) is 57.9 Å². The van der Waals surface area contributed by atoms with Gasteiger partial charge in [-0.15, -0.1) is 0 Å². The summed E-state index contributed by atoms with van der Waals surface area (Å²) >= 11 is 3.88. The minimum atomic E-state index is -0.335. The van der Waals surface area contributed by atoms with Crippen LogP contribution < -0.4 is 5.32 Å². The van der Waals surface area contributed by atoms with Crippen molar-refractivity contribution in [2.45, 2.75) is 44.5 Å². The van der Waals surface area contributed by atoms with E-state index in [9.17, 15) is 9.59 Å². The zero-order chi connectivity index (χ0) is 14.7. The molecule has 1 N–H and O–H groups in total. The molecular weight excluding hydrogens is 292 g/mol. The Morgan fingerprint density at radius 3 is 2.70 bits per heavy atom. The number of hydrogen-bond acceptors (Lipinski definition) is 4. The molecule has 6 heteroatoms. The molecule has 2 saturated heterocycles. The Hall–Kier alpha value is -0.360. The molecular formula is C14H24N2O2S2. The van der Waals surface area contributed by atoms with Crippen molar-refractivity contribution in [1.82, 2.24) is 10.2 Å². The maximum atomic E-state index is 12.6. The molecule has 2 aliphatic rings. The first-order valence-electron chi connectivity index (χ1n) is 7.29. The second kappa shape index (κ2) is 7.07. The van der Waals surface area contributed by atoms with Crippen LogP contribution in [0.3, 0.4) is 0 Å². The smallest absolute Gasteiger partial charge is 0.245 e. The highest BCUT2D eigenvalue weighted by atomic mass is 32.2. The van der Waals surface area contributed by atoms with Crippen molar-refractivity contribution in [3.8, 4) is 0 Å². The zero-order valence-corrected chi connectivity index (χ0v) is 14.1. The fourth-order valence-corrected chi connectivity index (χ4v) is 5.29. The maximum Gasteiger partial charge on any atom is 0.245 e. The lowest BCUT2D eigenvalue weighted by Crippen LogP contribution is -2.63. The van der Waals surface area contributed by atoms with Gasteiger partial charge in [0, 0.05) is 29.1 Å². The largest absolute Gasteiger partial charge is 0.343 e. The Kier molecular flexibility index (Phi) is 5.66. The Labute approximate surface area is 129 Å². The van der Waals surface area contributed by atoms with Crippen LogP contribution in [0.1, 0.15) is 27.2 Å². The van der Waals surface area contributed by atoms with Crippen LogP contribution in [0.15, 0.2) is 0 Å². The molecule has 0 aromatic carbocycles. The number of carbonyl (C=O) groups excluding carboxylic acids is 2. The summed E-state index contributed by atoms with van der Waals surface area (Å²) in [6.07, 6.45) is 0.723. The average Bonchev–Trinajstić information content (AvgIpc) is 2.41. The highest BCUT2D eigenvalue weighted by molar-refractivity contribution is 8.06. The Balaban J connectivity index is 2.03. The molecule has 2 amide bonds. The van der Waals surface area contributed by atoms with Crippen molar-refractivity contribution in [3.05, 3.63) is 0 Å². The van der Waals surface area contributed by atoms with Gasteiger partial charge in [0.25, 0.3) is 0 Å². The van der Waals surface area contributed by atoms with Crippen LogP contribution in [0.4, 0.5) is 0 Å². The number of piperazine rings is 1. The Bertz CT molecular complexity index is 370. The van der Waals surface area contributed by atoms with Crippen molar-refractivity contribution >= 4 is 35.3 Å². The SMILES string of the molecule is CC(C)CC1NC(=O)C(C)N(CC2CSCCS2)C1=O. The van der Waals surface area contributed by atoms with Crippen LogP contribution in [0.25, 0.3) is 0 Å². The number of nitrogens with zero attached hydrogens (tertiary/aromatic N) is 1. The van der Waals surface area contributed by atoms with Crippen molar-refractivity contribution in [2.75, 3.05) is 23.8 Å². The second-order valence-electron chi connectivity index (χ2n) is 5.93. The van der Waals surface area contributed by atoms with Gasteiger partial charge in [-0.3, -0.25) is 9.59 Å². The first-order chi connectivity index (χ1) is 9.49. The van der Waals surface area contributed by atoms with Crippen molar-refractivity contribution in [2.24, 2.45) is 5.92 Å². The normalized spacial score (nSPS) is 31.6. The molecule has 20 heavy (non-hydrogen) atoms. The van der Waals surface area contributed by atoms with Gasteiger partial charge in [0.05, 0.1) is 0 Å². The molecule has 0 spiro atoms. The fourth-order valence-electron chi connectivity index (χ4n) is 2.63. The van der Waals surface area contributed by atoms with Gasteiger partial charge < -0.3 is 10.2 Å². The van der Waals surface area contributed by atoms with E-state index in [-0.39, 0.29) is 23.9 Å². The predicted octanol–water partition coefficient (Wildman–Crippen LogP) is 1.60. The number of amides is 2. The van der Waals surface area contributed by atoms with Crippen molar-refractivity contribution < 1.29 is 9.59 Å². The number of nitrogens with one attached hydrogen (secondary N) is 1. The van der Waals surface area contributed by atoms with E-state index in [1.807, 2.05) is 30.4 Å². The van der Waals surface area contributed by atoms with Gasteiger partial charge in [-0.05, 0) is 19.3 Å². The van der Waals surface area contributed by atoms with Gasteiger partial charge in [0.1, 0.15) is 12.1 Å². The summed E-state index contributed by atoms with van der Waals surface area (Å²) in [6, 6.07) is -0.668. The molecule has 0 radical (unpaired) electrons. The van der Waals surface area contributed by atoms with E-state index in [0.29, 0.717) is 17.7 Å². The van der Waals surface area contributed by atoms with Crippen LogP contribution in [-0.2, 0) is 9.59 Å². The Morgan fingerprint density at radius 2 is 2.10 bits per heavy atom. The summed E-state index contributed by atoms with van der Waals surface area (Å²) in [6.45, 7) is 6.70. The third kappa shape index (κ3) is 3.85. The summed E-state index contributed by atoms with van der Waals surface area (Å²) in [4.78, 5) is 26.5. The standard InChI is InChI=1S/C14H24N2O2S2/c1-9(2)6-12-14(18)16(10(3)13(17)15-12)7-11-8-19-4-5-20-11/h9-12H,4-8H2,1-3H3,(H,15,17). The molecule has 4 nitrogen and oxygen atoms in total. The van der Waals surface area contributed by atoms with E-state index in [2.05, 4.69) is 19.2 Å². The summed E-state index contributed by atoms with van der Waals surface area (Å²) in [5, 5.41) is 3.34. The molecule has 2 heterocycles. The van der Waals surface area contributed by atoms with E-state index < -0.39 is 0 Å². The summed E-state index contributed by atoms with van der Waals surface area (Å²) in [5.41, 5.74) is 0. The van der Waals surface area contributed by atoms with Crippen LogP contribution in [0, 0.1) is 5.92 Å². The van der Waals surface area contributed by atoms with Crippen molar-refractivity contribution in [1.29, 1.82) is 0 Å². The molecule has 0 bridgehead atoms. The number of carbonyl (C=O) groups is 2. The van der Waals surface area contributed by atoms with E-state index in [0.717, 1.165) is 17.9 Å². The number of thioether (sulfide) groups is 2. The minimum Gasteiger partial charge on any atom is -0.343 e. The molecule has 3 unspecified atom stereocenters. The monoisotopic (exact) mass is 316 g/mol. The lowest BCUT2D eigenvalue weighted by atomic mass is 9.99. The van der Waals surface area contributed by atoms with E-state index >= 15 is 0 Å². The molecule has 0 aromatic heterocycles. The summed E-state index contributed by atoms with van der Waals surface area (Å²) in [5.74, 6) is 3.91. The van der Waals surface area contributed by atoms with Gasteiger partial charge in [-0.2, -0.15) is 23.5 Å². The number of rotatable bonds is 4. The highest BCUT2D eigenvalue weighted by Crippen LogP contribution is 2.26. The van der Waals surface area contributed by atoms with E-state index in [4.69, 9.17) is 0 Å². The van der Waals surface area contributed by atoms with Crippen LogP contribution in [0.2, 0.25) is 0 Å². The second-order valence-corrected chi connectivity index (χ2v) is 8.48. The minimum absolute atomic E-state index is 0.0105. The third-order valence-electron chi connectivity index (χ3n) is 3.74. The van der Waals surface area contributed by atoms with Gasteiger partial charge in [-0.25, -0.2) is 0 Å². The molecule has 2 fully saturated rings. The first kappa shape index (κ1) is 16.0. The van der Waals surface area contributed by atoms with Crippen LogP contribution in [0.5, 0.6) is 0 Å². The highest BCUT2D eigenvalue weighted by Gasteiger charge is 2.39. The average molecular weight is 316 g/mol. The van der Waals surface area contributed by atoms with E-state index in [1.165, 1.54) is 5.75 Å². The van der Waals surface area contributed by atoms with Crippen molar-refractivity contribution in [3.63, 3.8) is 0 Å². The fraction of sp³-hybridized carbons (Fsp3) is 0.857. The lowest BCUT2D eigenvalue weighted by Gasteiger charge is -2.40. The van der Waals surface area contributed by atoms with Gasteiger partial charge in [-0.1, -0.05) is 13.8 Å². The summed E-state index contributed by atoms with van der Waals surface area (Å²) in [7, 11) is 0. The third-order valence-corrected chi connectivity index (χ3v) is 6.56. The molecule has 0 aromatic rings. The molecule has 114 valence electrons. The van der Waals surface area contributed by atoms with Gasteiger partial charge >= 0.3 is 0 Å².